The van der Waals surface area contributed by atoms with E-state index in [0.717, 1.165) is 48.3 Å². The van der Waals surface area contributed by atoms with E-state index in [1.54, 1.807) is 6.92 Å². The van der Waals surface area contributed by atoms with Gasteiger partial charge in [-0.25, -0.2) is 4.98 Å². The first-order valence-corrected chi connectivity index (χ1v) is 7.85. The lowest BCUT2D eigenvalue weighted by atomic mass is 10.1. The van der Waals surface area contributed by atoms with Gasteiger partial charge in [0.05, 0.1) is 17.2 Å². The monoisotopic (exact) mass is 310 g/mol. The molecular weight excluding hydrogens is 292 g/mol. The number of pyridine rings is 1. The Hall–Kier alpha value is -2.47. The third-order valence-electron chi connectivity index (χ3n) is 4.01. The molecule has 0 bridgehead atoms. The van der Waals surface area contributed by atoms with Crippen LogP contribution in [0.3, 0.4) is 0 Å². The zero-order valence-corrected chi connectivity index (χ0v) is 13.0. The van der Waals surface area contributed by atoms with E-state index < -0.39 is 0 Å². The zero-order chi connectivity index (χ0) is 15.6. The number of hydrogen-bond acceptors (Lipinski definition) is 6. The summed E-state index contributed by atoms with van der Waals surface area (Å²) in [6.07, 6.45) is 2.44. The number of rotatable bonds is 4. The molecule has 0 amide bonds. The van der Waals surface area contributed by atoms with Crippen LogP contribution >= 0.6 is 0 Å². The Labute approximate surface area is 133 Å². The molecule has 0 radical (unpaired) electrons. The fraction of sp³-hybridized carbons (Fsp3) is 0.353. The topological polar surface area (TPSA) is 73.1 Å². The van der Waals surface area contributed by atoms with Crippen molar-refractivity contribution in [2.75, 3.05) is 18.5 Å². The van der Waals surface area contributed by atoms with Crippen molar-refractivity contribution in [1.29, 1.82) is 0 Å². The summed E-state index contributed by atoms with van der Waals surface area (Å²) >= 11 is 0. The summed E-state index contributed by atoms with van der Waals surface area (Å²) in [5.74, 6) is 1.86. The standard InChI is InChI=1S/C17H18N4O2/c1-11-19-17(21-23-11)14-9-12-5-2-3-7-15(12)20-16(14)18-10-13-6-4-8-22-13/h2-3,5,7,9,13H,4,6,8,10H2,1H3,(H,18,20)/t13-/m1/s1. The molecule has 0 unspecified atom stereocenters. The number of aryl methyl sites for hydroxylation is 1. The van der Waals surface area contributed by atoms with Crippen molar-refractivity contribution in [2.45, 2.75) is 25.9 Å². The molecule has 2 aromatic heterocycles. The van der Waals surface area contributed by atoms with Gasteiger partial charge in [0, 0.05) is 25.5 Å². The quantitative estimate of drug-likeness (QED) is 0.798. The number of anilines is 1. The number of nitrogens with zero attached hydrogens (tertiary/aromatic N) is 3. The fourth-order valence-electron chi connectivity index (χ4n) is 2.85. The number of nitrogens with one attached hydrogen (secondary N) is 1. The summed E-state index contributed by atoms with van der Waals surface area (Å²) < 4.78 is 10.8. The van der Waals surface area contributed by atoms with E-state index in [1.807, 2.05) is 30.3 Å². The number of fused-ring (bicyclic) bond motifs is 1. The lowest BCUT2D eigenvalue weighted by molar-refractivity contribution is 0.120. The van der Waals surface area contributed by atoms with Crippen LogP contribution in [0.25, 0.3) is 22.3 Å². The van der Waals surface area contributed by atoms with Gasteiger partial charge in [-0.3, -0.25) is 0 Å². The molecular formula is C17H18N4O2. The van der Waals surface area contributed by atoms with Crippen molar-refractivity contribution in [3.05, 3.63) is 36.2 Å². The average Bonchev–Trinajstić information content (AvgIpc) is 3.23. The van der Waals surface area contributed by atoms with Crippen LogP contribution < -0.4 is 5.32 Å². The summed E-state index contributed by atoms with van der Waals surface area (Å²) in [6, 6.07) is 10.1. The average molecular weight is 310 g/mol. The van der Waals surface area contributed by atoms with Crippen molar-refractivity contribution >= 4 is 16.7 Å². The molecule has 0 saturated carbocycles. The van der Waals surface area contributed by atoms with Gasteiger partial charge in [-0.05, 0) is 25.0 Å². The van der Waals surface area contributed by atoms with Crippen LogP contribution in [0.2, 0.25) is 0 Å². The molecule has 4 rings (SSSR count). The van der Waals surface area contributed by atoms with E-state index in [-0.39, 0.29) is 6.10 Å². The largest absolute Gasteiger partial charge is 0.376 e. The molecule has 0 aliphatic carbocycles. The van der Waals surface area contributed by atoms with E-state index in [1.165, 1.54) is 0 Å². The minimum Gasteiger partial charge on any atom is -0.376 e. The molecule has 3 heterocycles. The van der Waals surface area contributed by atoms with Gasteiger partial charge in [0.2, 0.25) is 11.7 Å². The summed E-state index contributed by atoms with van der Waals surface area (Å²) in [4.78, 5) is 9.07. The third-order valence-corrected chi connectivity index (χ3v) is 4.01. The SMILES string of the molecule is Cc1nc(-c2cc3ccccc3nc2NC[C@H]2CCCO2)no1. The first-order chi connectivity index (χ1) is 11.3. The number of benzene rings is 1. The first kappa shape index (κ1) is 14.1. The maximum absolute atomic E-state index is 5.67. The van der Waals surface area contributed by atoms with Gasteiger partial charge in [-0.1, -0.05) is 23.4 Å². The molecule has 6 heteroatoms. The maximum Gasteiger partial charge on any atom is 0.223 e. The molecule has 1 saturated heterocycles. The molecule has 1 fully saturated rings. The van der Waals surface area contributed by atoms with E-state index in [2.05, 4.69) is 15.5 Å². The number of ether oxygens (including phenoxy) is 1. The highest BCUT2D eigenvalue weighted by molar-refractivity contribution is 5.87. The molecule has 3 aromatic rings. The Kier molecular flexibility index (Phi) is 3.67. The maximum atomic E-state index is 5.67. The summed E-state index contributed by atoms with van der Waals surface area (Å²) in [6.45, 7) is 3.36. The van der Waals surface area contributed by atoms with E-state index >= 15 is 0 Å². The van der Waals surface area contributed by atoms with Gasteiger partial charge in [0.1, 0.15) is 5.82 Å². The highest BCUT2D eigenvalue weighted by Crippen LogP contribution is 2.28. The lowest BCUT2D eigenvalue weighted by Crippen LogP contribution is -2.19. The molecule has 1 atom stereocenters. The summed E-state index contributed by atoms with van der Waals surface area (Å²) in [7, 11) is 0. The highest BCUT2D eigenvalue weighted by Gasteiger charge is 2.18. The fourth-order valence-corrected chi connectivity index (χ4v) is 2.85. The van der Waals surface area contributed by atoms with Crippen LogP contribution in [0.1, 0.15) is 18.7 Å². The molecule has 1 aliphatic rings. The summed E-state index contributed by atoms with van der Waals surface area (Å²) in [5, 5.41) is 8.48. The summed E-state index contributed by atoms with van der Waals surface area (Å²) in [5.41, 5.74) is 1.78. The van der Waals surface area contributed by atoms with Crippen molar-refractivity contribution in [3.8, 4) is 11.4 Å². The van der Waals surface area contributed by atoms with Crippen molar-refractivity contribution in [2.24, 2.45) is 0 Å². The molecule has 6 nitrogen and oxygen atoms in total. The van der Waals surface area contributed by atoms with Gasteiger partial charge >= 0.3 is 0 Å². The molecule has 23 heavy (non-hydrogen) atoms. The number of para-hydroxylation sites is 1. The number of aromatic nitrogens is 3. The minimum atomic E-state index is 0.239. The van der Waals surface area contributed by atoms with Crippen LogP contribution in [-0.2, 0) is 4.74 Å². The smallest absolute Gasteiger partial charge is 0.223 e. The minimum absolute atomic E-state index is 0.239. The second-order valence-corrected chi connectivity index (χ2v) is 5.73. The Morgan fingerprint density at radius 2 is 2.17 bits per heavy atom. The molecule has 118 valence electrons. The van der Waals surface area contributed by atoms with Crippen molar-refractivity contribution in [1.82, 2.24) is 15.1 Å². The van der Waals surface area contributed by atoms with Crippen LogP contribution in [0, 0.1) is 6.92 Å². The highest BCUT2D eigenvalue weighted by atomic mass is 16.5. The Bertz CT molecular complexity index is 824. The first-order valence-electron chi connectivity index (χ1n) is 7.85. The van der Waals surface area contributed by atoms with Gasteiger partial charge in [0.25, 0.3) is 0 Å². The molecule has 1 aromatic carbocycles. The normalized spacial score (nSPS) is 17.7. The lowest BCUT2D eigenvalue weighted by Gasteiger charge is -2.14. The van der Waals surface area contributed by atoms with Gasteiger partial charge in [-0.15, -0.1) is 0 Å². The van der Waals surface area contributed by atoms with Gasteiger partial charge in [0.15, 0.2) is 0 Å². The third kappa shape index (κ3) is 2.90. The van der Waals surface area contributed by atoms with Crippen LogP contribution in [0.15, 0.2) is 34.9 Å². The van der Waals surface area contributed by atoms with Gasteiger partial charge in [-0.2, -0.15) is 4.98 Å². The van der Waals surface area contributed by atoms with Crippen LogP contribution in [0.5, 0.6) is 0 Å². The predicted molar refractivity (Wildman–Crippen MR) is 87.2 cm³/mol. The number of hydrogen-bond donors (Lipinski definition) is 1. The van der Waals surface area contributed by atoms with Gasteiger partial charge < -0.3 is 14.6 Å². The molecule has 1 N–H and O–H groups in total. The zero-order valence-electron chi connectivity index (χ0n) is 13.0. The van der Waals surface area contributed by atoms with E-state index in [4.69, 9.17) is 14.2 Å². The predicted octanol–water partition coefficient (Wildman–Crippen LogP) is 3.18. The molecule has 0 spiro atoms. The van der Waals surface area contributed by atoms with E-state index in [0.29, 0.717) is 11.7 Å². The Morgan fingerprint density at radius 1 is 1.26 bits per heavy atom. The van der Waals surface area contributed by atoms with Crippen LogP contribution in [-0.4, -0.2) is 34.4 Å². The second kappa shape index (κ2) is 5.96. The van der Waals surface area contributed by atoms with Crippen LogP contribution in [0.4, 0.5) is 5.82 Å². The van der Waals surface area contributed by atoms with E-state index in [9.17, 15) is 0 Å². The second-order valence-electron chi connectivity index (χ2n) is 5.73. The molecule has 1 aliphatic heterocycles. The Morgan fingerprint density at radius 3 is 2.96 bits per heavy atom. The van der Waals surface area contributed by atoms with Crippen molar-refractivity contribution < 1.29 is 9.26 Å². The van der Waals surface area contributed by atoms with Crippen molar-refractivity contribution in [3.63, 3.8) is 0 Å². The Balaban J connectivity index is 1.72.